The summed E-state index contributed by atoms with van der Waals surface area (Å²) in [4.78, 5) is 15.1. The Bertz CT molecular complexity index is 2280. The van der Waals surface area contributed by atoms with Crippen LogP contribution in [-0.2, 0) is 11.8 Å². The quantitative estimate of drug-likeness (QED) is 0.181. The van der Waals surface area contributed by atoms with Crippen molar-refractivity contribution in [2.24, 2.45) is 0 Å². The smallest absolute Gasteiger partial charge is 0.164 e. The summed E-state index contributed by atoms with van der Waals surface area (Å²) in [6.45, 7) is 0. The first-order chi connectivity index (χ1) is 24.7. The van der Waals surface area contributed by atoms with Crippen molar-refractivity contribution in [2.45, 2.75) is 63.2 Å². The van der Waals surface area contributed by atoms with Gasteiger partial charge in [0.15, 0.2) is 17.5 Å². The molecule has 244 valence electrons. The molecule has 0 aliphatic heterocycles. The van der Waals surface area contributed by atoms with E-state index in [2.05, 4.69) is 140 Å². The molecule has 1 saturated carbocycles. The van der Waals surface area contributed by atoms with E-state index in [1.807, 2.05) is 0 Å². The molecule has 1 aromatic heterocycles. The molecular formula is C47H41N3. The second kappa shape index (κ2) is 13.1. The molecule has 3 aliphatic rings. The number of aromatic nitrogens is 3. The van der Waals surface area contributed by atoms with Crippen LogP contribution >= 0.6 is 0 Å². The maximum absolute atomic E-state index is 5.08. The van der Waals surface area contributed by atoms with Crippen molar-refractivity contribution in [3.8, 4) is 22.8 Å². The van der Waals surface area contributed by atoms with Crippen molar-refractivity contribution in [3.05, 3.63) is 173 Å². The standard InChI is InChI=1S/C47H41N3/c1-3-14-36(15-4-1)44-48-45(50-46(49-44)39-21-20-33-12-5-6-16-38(33)32-39)37-24-28-41(29-25-37)47(30-9-2-10-31-47)40-26-22-35(23-27-40)43-19-11-17-34-13-7-8-18-42(34)43/h3,5-8,12-16,18-29,32H,1-2,4,9-11,17,30-31H2. The minimum atomic E-state index is 0.00633. The summed E-state index contributed by atoms with van der Waals surface area (Å²) in [7, 11) is 0. The Hall–Kier alpha value is -5.41. The van der Waals surface area contributed by atoms with Crippen LogP contribution < -0.4 is 0 Å². The molecule has 1 fully saturated rings. The highest BCUT2D eigenvalue weighted by molar-refractivity contribution is 5.87. The van der Waals surface area contributed by atoms with Crippen molar-refractivity contribution in [1.29, 1.82) is 0 Å². The molecule has 9 rings (SSSR count). The van der Waals surface area contributed by atoms with Gasteiger partial charge in [0, 0.05) is 22.1 Å². The number of benzene rings is 5. The SMILES string of the molecule is C1=CC(c2nc(-c3ccc(C4(c5ccc(C6=CCCc7ccccc76)cc5)CCCCC4)cc3)nc(-c3ccc4ccccc4c3)n2)=CCC1. The largest absolute Gasteiger partial charge is 0.208 e. The van der Waals surface area contributed by atoms with E-state index < -0.39 is 0 Å². The number of hydrogen-bond donors (Lipinski definition) is 0. The summed E-state index contributed by atoms with van der Waals surface area (Å²) in [5.41, 5.74) is 11.4. The van der Waals surface area contributed by atoms with Gasteiger partial charge in [0.05, 0.1) is 0 Å². The van der Waals surface area contributed by atoms with Crippen molar-refractivity contribution in [1.82, 2.24) is 15.0 Å². The number of hydrogen-bond acceptors (Lipinski definition) is 3. The molecular weight excluding hydrogens is 607 g/mol. The van der Waals surface area contributed by atoms with Gasteiger partial charge < -0.3 is 0 Å². The molecule has 0 atom stereocenters. The van der Waals surface area contributed by atoms with Crippen LogP contribution in [-0.4, -0.2) is 15.0 Å². The van der Waals surface area contributed by atoms with Crippen molar-refractivity contribution in [3.63, 3.8) is 0 Å². The van der Waals surface area contributed by atoms with E-state index in [0.29, 0.717) is 11.6 Å². The van der Waals surface area contributed by atoms with Gasteiger partial charge in [0.2, 0.25) is 0 Å². The van der Waals surface area contributed by atoms with E-state index >= 15 is 0 Å². The molecule has 0 amide bonds. The first-order valence-corrected chi connectivity index (χ1v) is 18.4. The molecule has 1 heterocycles. The van der Waals surface area contributed by atoms with E-state index in [0.717, 1.165) is 48.2 Å². The Balaban J connectivity index is 1.07. The molecule has 0 saturated heterocycles. The van der Waals surface area contributed by atoms with E-state index in [4.69, 9.17) is 15.0 Å². The maximum atomic E-state index is 5.08. The number of allylic oxidation sites excluding steroid dienone is 5. The third kappa shape index (κ3) is 5.71. The first-order valence-electron chi connectivity index (χ1n) is 18.4. The Labute approximate surface area is 295 Å². The van der Waals surface area contributed by atoms with Crippen LogP contribution in [0.2, 0.25) is 0 Å². The lowest BCUT2D eigenvalue weighted by molar-refractivity contribution is 0.346. The highest BCUT2D eigenvalue weighted by Crippen LogP contribution is 2.46. The van der Waals surface area contributed by atoms with Crippen LogP contribution in [0.5, 0.6) is 0 Å². The summed E-state index contributed by atoms with van der Waals surface area (Å²) in [6, 6.07) is 42.5. The second-order valence-electron chi connectivity index (χ2n) is 14.1. The summed E-state index contributed by atoms with van der Waals surface area (Å²) in [6.07, 6.45) is 19.4. The summed E-state index contributed by atoms with van der Waals surface area (Å²) < 4.78 is 0. The minimum absolute atomic E-state index is 0.00633. The van der Waals surface area contributed by atoms with Gasteiger partial charge in [-0.2, -0.15) is 0 Å². The van der Waals surface area contributed by atoms with Gasteiger partial charge in [0.25, 0.3) is 0 Å². The lowest BCUT2D eigenvalue weighted by atomic mass is 9.65. The predicted octanol–water partition coefficient (Wildman–Crippen LogP) is 11.7. The molecule has 0 radical (unpaired) electrons. The van der Waals surface area contributed by atoms with Gasteiger partial charge in [-0.15, -0.1) is 0 Å². The van der Waals surface area contributed by atoms with E-state index in [1.165, 1.54) is 76.3 Å². The van der Waals surface area contributed by atoms with Gasteiger partial charge >= 0.3 is 0 Å². The predicted molar refractivity (Wildman–Crippen MR) is 207 cm³/mol. The number of rotatable bonds is 6. The lowest BCUT2D eigenvalue weighted by Crippen LogP contribution is -2.30. The monoisotopic (exact) mass is 647 g/mol. The van der Waals surface area contributed by atoms with Gasteiger partial charge in [-0.3, -0.25) is 0 Å². The normalized spacial score (nSPS) is 16.8. The van der Waals surface area contributed by atoms with Crippen molar-refractivity contribution >= 4 is 21.9 Å². The van der Waals surface area contributed by atoms with Crippen LogP contribution in [0, 0.1) is 0 Å². The Morgan fingerprint density at radius 3 is 1.92 bits per heavy atom. The first kappa shape index (κ1) is 30.6. The molecule has 50 heavy (non-hydrogen) atoms. The van der Waals surface area contributed by atoms with E-state index in [-0.39, 0.29) is 5.41 Å². The minimum Gasteiger partial charge on any atom is -0.208 e. The third-order valence-electron chi connectivity index (χ3n) is 11.1. The maximum Gasteiger partial charge on any atom is 0.164 e. The average molecular weight is 648 g/mol. The van der Waals surface area contributed by atoms with Crippen molar-refractivity contribution < 1.29 is 0 Å². The molecule has 3 aliphatic carbocycles. The number of aryl methyl sites for hydroxylation is 1. The van der Waals surface area contributed by atoms with Gasteiger partial charge in [-0.1, -0.05) is 153 Å². The molecule has 0 unspecified atom stereocenters. The second-order valence-corrected chi connectivity index (χ2v) is 14.1. The fourth-order valence-electron chi connectivity index (χ4n) is 8.43. The Morgan fingerprint density at radius 2 is 1.16 bits per heavy atom. The van der Waals surface area contributed by atoms with Gasteiger partial charge in [0.1, 0.15) is 0 Å². The Morgan fingerprint density at radius 1 is 0.500 bits per heavy atom. The molecule has 0 bridgehead atoms. The molecule has 0 N–H and O–H groups in total. The molecule has 0 spiro atoms. The van der Waals surface area contributed by atoms with Gasteiger partial charge in [-0.25, -0.2) is 15.0 Å². The van der Waals surface area contributed by atoms with Crippen LogP contribution in [0.1, 0.15) is 85.0 Å². The fourth-order valence-corrected chi connectivity index (χ4v) is 8.43. The summed E-state index contributed by atoms with van der Waals surface area (Å²) >= 11 is 0. The summed E-state index contributed by atoms with van der Waals surface area (Å²) in [5.74, 6) is 2.16. The molecule has 3 heteroatoms. The van der Waals surface area contributed by atoms with Crippen LogP contribution in [0.4, 0.5) is 0 Å². The van der Waals surface area contributed by atoms with E-state index in [1.54, 1.807) is 0 Å². The zero-order valence-electron chi connectivity index (χ0n) is 28.5. The lowest BCUT2D eigenvalue weighted by Gasteiger charge is -2.39. The van der Waals surface area contributed by atoms with Crippen LogP contribution in [0.3, 0.4) is 0 Å². The van der Waals surface area contributed by atoms with E-state index in [9.17, 15) is 0 Å². The van der Waals surface area contributed by atoms with Crippen molar-refractivity contribution in [2.75, 3.05) is 0 Å². The average Bonchev–Trinajstić information content (AvgIpc) is 3.21. The van der Waals surface area contributed by atoms with Crippen LogP contribution in [0.15, 0.2) is 140 Å². The fraction of sp³-hybridized carbons (Fsp3) is 0.213. The third-order valence-corrected chi connectivity index (χ3v) is 11.1. The Kier molecular flexibility index (Phi) is 8.05. The highest BCUT2D eigenvalue weighted by Gasteiger charge is 2.36. The van der Waals surface area contributed by atoms with Gasteiger partial charge in [-0.05, 0) is 88.8 Å². The molecule has 3 nitrogen and oxygen atoms in total. The zero-order valence-corrected chi connectivity index (χ0v) is 28.5. The number of nitrogens with zero attached hydrogens (tertiary/aromatic N) is 3. The zero-order chi connectivity index (χ0) is 33.3. The highest BCUT2D eigenvalue weighted by atomic mass is 15.0. The van der Waals surface area contributed by atoms with Crippen LogP contribution in [0.25, 0.3) is 44.7 Å². The molecule has 6 aromatic rings. The number of fused-ring (bicyclic) bond motifs is 2. The molecule has 5 aromatic carbocycles. The topological polar surface area (TPSA) is 38.7 Å². The summed E-state index contributed by atoms with van der Waals surface area (Å²) in [5, 5.41) is 2.39.